The molecule has 0 bridgehead atoms. The van der Waals surface area contributed by atoms with Crippen molar-refractivity contribution in [2.24, 2.45) is 0 Å². The molecular formula is C14H20N4S. The molecule has 0 saturated heterocycles. The van der Waals surface area contributed by atoms with Gasteiger partial charge in [-0.25, -0.2) is 9.67 Å². The maximum Gasteiger partial charge on any atom is 0.140 e. The fraction of sp³-hybridized carbons (Fsp3) is 0.571. The molecule has 0 radical (unpaired) electrons. The number of thiophene rings is 1. The second kappa shape index (κ2) is 5.84. The summed E-state index contributed by atoms with van der Waals surface area (Å²) >= 11 is 1.89. The Bertz CT molecular complexity index is 531. The van der Waals surface area contributed by atoms with Crippen LogP contribution in [0.4, 0.5) is 0 Å². The summed E-state index contributed by atoms with van der Waals surface area (Å²) in [5.41, 5.74) is 1.50. The van der Waals surface area contributed by atoms with Gasteiger partial charge in [-0.15, -0.1) is 11.3 Å². The van der Waals surface area contributed by atoms with E-state index in [1.165, 1.54) is 24.8 Å². The maximum absolute atomic E-state index is 4.35. The highest BCUT2D eigenvalue weighted by Gasteiger charge is 2.21. The SMILES string of the molecule is CCCn1ncnc1CNC1CCCc2sccc21. The molecule has 3 rings (SSSR count). The molecular weight excluding hydrogens is 256 g/mol. The van der Waals surface area contributed by atoms with Gasteiger partial charge >= 0.3 is 0 Å². The smallest absolute Gasteiger partial charge is 0.140 e. The Hall–Kier alpha value is -1.20. The second-order valence-corrected chi connectivity index (χ2v) is 6.02. The standard InChI is InChI=1S/C14H20N4S/c1-2-7-18-14(16-10-17-18)9-15-12-4-3-5-13-11(12)6-8-19-13/h6,8,10,12,15H,2-5,7,9H2,1H3. The lowest BCUT2D eigenvalue weighted by Crippen LogP contribution is -2.25. The van der Waals surface area contributed by atoms with Gasteiger partial charge in [0.05, 0.1) is 6.54 Å². The van der Waals surface area contributed by atoms with Crippen molar-refractivity contribution in [2.45, 2.75) is 51.7 Å². The lowest BCUT2D eigenvalue weighted by atomic mass is 9.94. The summed E-state index contributed by atoms with van der Waals surface area (Å²) in [6, 6.07) is 2.76. The zero-order valence-electron chi connectivity index (χ0n) is 11.3. The van der Waals surface area contributed by atoms with Crippen molar-refractivity contribution >= 4 is 11.3 Å². The first-order valence-electron chi connectivity index (χ1n) is 7.05. The van der Waals surface area contributed by atoms with Gasteiger partial charge in [-0.3, -0.25) is 0 Å². The van der Waals surface area contributed by atoms with Crippen LogP contribution in [-0.2, 0) is 19.5 Å². The molecule has 0 saturated carbocycles. The van der Waals surface area contributed by atoms with Crippen LogP contribution in [0.5, 0.6) is 0 Å². The average Bonchev–Trinajstić information content (AvgIpc) is 3.05. The number of nitrogens with zero attached hydrogens (tertiary/aromatic N) is 3. The normalized spacial score (nSPS) is 18.5. The third-order valence-electron chi connectivity index (χ3n) is 3.69. The van der Waals surface area contributed by atoms with Crippen LogP contribution in [0.1, 0.15) is 48.5 Å². The molecule has 1 aliphatic carbocycles. The van der Waals surface area contributed by atoms with Crippen LogP contribution in [0.3, 0.4) is 0 Å². The minimum Gasteiger partial charge on any atom is -0.303 e. The Balaban J connectivity index is 1.66. The largest absolute Gasteiger partial charge is 0.303 e. The summed E-state index contributed by atoms with van der Waals surface area (Å²) in [6.45, 7) is 3.92. The minimum atomic E-state index is 0.488. The summed E-state index contributed by atoms with van der Waals surface area (Å²) in [4.78, 5) is 5.91. The third-order valence-corrected chi connectivity index (χ3v) is 4.69. The number of hydrogen-bond acceptors (Lipinski definition) is 4. The van der Waals surface area contributed by atoms with E-state index in [0.29, 0.717) is 6.04 Å². The van der Waals surface area contributed by atoms with Gasteiger partial charge in [0.25, 0.3) is 0 Å². The van der Waals surface area contributed by atoms with E-state index >= 15 is 0 Å². The highest BCUT2D eigenvalue weighted by atomic mass is 32.1. The maximum atomic E-state index is 4.35. The van der Waals surface area contributed by atoms with E-state index in [1.54, 1.807) is 11.2 Å². The number of nitrogens with one attached hydrogen (secondary N) is 1. The Morgan fingerprint density at radius 1 is 1.53 bits per heavy atom. The molecule has 102 valence electrons. The van der Waals surface area contributed by atoms with Gasteiger partial charge in [-0.2, -0.15) is 5.10 Å². The van der Waals surface area contributed by atoms with Crippen molar-refractivity contribution in [3.63, 3.8) is 0 Å². The van der Waals surface area contributed by atoms with Gasteiger partial charge in [0.2, 0.25) is 0 Å². The molecule has 2 aromatic heterocycles. The van der Waals surface area contributed by atoms with E-state index < -0.39 is 0 Å². The van der Waals surface area contributed by atoms with Gasteiger partial charge in [0, 0.05) is 17.5 Å². The van der Waals surface area contributed by atoms with E-state index in [-0.39, 0.29) is 0 Å². The van der Waals surface area contributed by atoms with Crippen LogP contribution in [0.15, 0.2) is 17.8 Å². The molecule has 0 fully saturated rings. The molecule has 5 heteroatoms. The average molecular weight is 276 g/mol. The first-order chi connectivity index (χ1) is 9.38. The van der Waals surface area contributed by atoms with Crippen molar-refractivity contribution in [3.05, 3.63) is 34.0 Å². The Labute approximate surface area is 117 Å². The van der Waals surface area contributed by atoms with Crippen molar-refractivity contribution in [1.29, 1.82) is 0 Å². The molecule has 0 amide bonds. The highest BCUT2D eigenvalue weighted by molar-refractivity contribution is 7.10. The van der Waals surface area contributed by atoms with Crippen LogP contribution in [-0.4, -0.2) is 14.8 Å². The Kier molecular flexibility index (Phi) is 3.94. The van der Waals surface area contributed by atoms with Gasteiger partial charge in [-0.05, 0) is 42.7 Å². The second-order valence-electron chi connectivity index (χ2n) is 5.02. The lowest BCUT2D eigenvalue weighted by Gasteiger charge is -2.23. The van der Waals surface area contributed by atoms with Gasteiger partial charge in [0.1, 0.15) is 12.2 Å². The third kappa shape index (κ3) is 2.72. The summed E-state index contributed by atoms with van der Waals surface area (Å²) in [6.07, 6.45) is 6.51. The molecule has 2 heterocycles. The molecule has 0 aliphatic heterocycles. The van der Waals surface area contributed by atoms with E-state index in [1.807, 2.05) is 16.0 Å². The van der Waals surface area contributed by atoms with E-state index in [0.717, 1.165) is 25.3 Å². The molecule has 1 aliphatic rings. The van der Waals surface area contributed by atoms with E-state index in [4.69, 9.17) is 0 Å². The summed E-state index contributed by atoms with van der Waals surface area (Å²) in [5, 5.41) is 10.1. The molecule has 0 aromatic carbocycles. The molecule has 1 atom stereocenters. The molecule has 1 N–H and O–H groups in total. The first kappa shape index (κ1) is 12.8. The number of aryl methyl sites for hydroxylation is 2. The molecule has 1 unspecified atom stereocenters. The number of aromatic nitrogens is 3. The fourth-order valence-corrected chi connectivity index (χ4v) is 3.72. The van der Waals surface area contributed by atoms with E-state index in [2.05, 4.69) is 33.8 Å². The topological polar surface area (TPSA) is 42.7 Å². The summed E-state index contributed by atoms with van der Waals surface area (Å²) < 4.78 is 2.00. The molecule has 2 aromatic rings. The molecule has 19 heavy (non-hydrogen) atoms. The summed E-state index contributed by atoms with van der Waals surface area (Å²) in [5.74, 6) is 1.05. The van der Waals surface area contributed by atoms with Gasteiger partial charge in [0.15, 0.2) is 0 Å². The zero-order valence-corrected chi connectivity index (χ0v) is 12.1. The zero-order chi connectivity index (χ0) is 13.1. The number of hydrogen-bond donors (Lipinski definition) is 1. The minimum absolute atomic E-state index is 0.488. The van der Waals surface area contributed by atoms with Crippen LogP contribution in [0.25, 0.3) is 0 Å². The quantitative estimate of drug-likeness (QED) is 0.913. The van der Waals surface area contributed by atoms with Crippen molar-refractivity contribution in [1.82, 2.24) is 20.1 Å². The number of fused-ring (bicyclic) bond motifs is 1. The van der Waals surface area contributed by atoms with Crippen LogP contribution < -0.4 is 5.32 Å². The molecule has 0 spiro atoms. The van der Waals surface area contributed by atoms with Crippen LogP contribution in [0.2, 0.25) is 0 Å². The van der Waals surface area contributed by atoms with E-state index in [9.17, 15) is 0 Å². The van der Waals surface area contributed by atoms with Crippen LogP contribution in [0, 0.1) is 0 Å². The fourth-order valence-electron chi connectivity index (χ4n) is 2.74. The summed E-state index contributed by atoms with van der Waals surface area (Å²) in [7, 11) is 0. The predicted octanol–water partition coefficient (Wildman–Crippen LogP) is 2.92. The van der Waals surface area contributed by atoms with Crippen molar-refractivity contribution in [3.8, 4) is 0 Å². The predicted molar refractivity (Wildman–Crippen MR) is 77.2 cm³/mol. The Morgan fingerprint density at radius 3 is 3.37 bits per heavy atom. The first-order valence-corrected chi connectivity index (χ1v) is 7.92. The van der Waals surface area contributed by atoms with Crippen molar-refractivity contribution in [2.75, 3.05) is 0 Å². The van der Waals surface area contributed by atoms with Gasteiger partial charge in [-0.1, -0.05) is 6.92 Å². The number of rotatable bonds is 5. The molecule has 4 nitrogen and oxygen atoms in total. The van der Waals surface area contributed by atoms with Crippen molar-refractivity contribution < 1.29 is 0 Å². The van der Waals surface area contributed by atoms with Gasteiger partial charge < -0.3 is 5.32 Å². The van der Waals surface area contributed by atoms with Crippen LogP contribution >= 0.6 is 11.3 Å². The monoisotopic (exact) mass is 276 g/mol. The highest BCUT2D eigenvalue weighted by Crippen LogP contribution is 2.33. The Morgan fingerprint density at radius 2 is 2.47 bits per heavy atom. The lowest BCUT2D eigenvalue weighted by molar-refractivity contribution is 0.443.